The van der Waals surface area contributed by atoms with Crippen molar-refractivity contribution in [3.05, 3.63) is 65.2 Å². The lowest BCUT2D eigenvalue weighted by Gasteiger charge is -2.32. The van der Waals surface area contributed by atoms with Gasteiger partial charge in [-0.05, 0) is 43.7 Å². The van der Waals surface area contributed by atoms with E-state index in [9.17, 15) is 4.79 Å². The molecule has 0 saturated carbocycles. The number of hydrogen-bond donors (Lipinski definition) is 3. The number of anilines is 1. The standard InChI is InChI=1S/C22H26N4O/c1-17-5-3-4-6-20(17)16-25-11-13-26(14-12-25)18(2)22(27)24-21-9-7-19(15-23)8-10-21/h3-10,18H,11-14,16H2,1-2H3,(H,24,27)/p+2/t18-/m1/s1. The fourth-order valence-corrected chi connectivity index (χ4v) is 3.68. The Morgan fingerprint density at radius 1 is 1.11 bits per heavy atom. The predicted molar refractivity (Wildman–Crippen MR) is 106 cm³/mol. The molecule has 1 amide bonds. The molecule has 1 aliphatic rings. The number of hydrogen-bond acceptors (Lipinski definition) is 2. The van der Waals surface area contributed by atoms with Gasteiger partial charge in [-0.15, -0.1) is 0 Å². The zero-order valence-corrected chi connectivity index (χ0v) is 16.1. The SMILES string of the molecule is Cc1ccccc1C[NH+]1CC[NH+]([C@H](C)C(=O)Nc2ccc(C#N)cc2)CC1. The number of nitrogens with zero attached hydrogens (tertiary/aromatic N) is 1. The predicted octanol–water partition coefficient (Wildman–Crippen LogP) is 0.177. The summed E-state index contributed by atoms with van der Waals surface area (Å²) in [5.41, 5.74) is 4.12. The third kappa shape index (κ3) is 4.94. The van der Waals surface area contributed by atoms with Crippen molar-refractivity contribution >= 4 is 11.6 Å². The molecule has 2 aromatic rings. The van der Waals surface area contributed by atoms with Crippen LogP contribution < -0.4 is 15.1 Å². The summed E-state index contributed by atoms with van der Waals surface area (Å²) in [7, 11) is 0. The van der Waals surface area contributed by atoms with Crippen molar-refractivity contribution in [2.45, 2.75) is 26.4 Å². The summed E-state index contributed by atoms with van der Waals surface area (Å²) in [6, 6.07) is 17.6. The van der Waals surface area contributed by atoms with E-state index >= 15 is 0 Å². The first kappa shape index (κ1) is 19.1. The molecule has 1 heterocycles. The second kappa shape index (κ2) is 8.81. The van der Waals surface area contributed by atoms with E-state index in [2.05, 4.69) is 42.6 Å². The molecule has 0 aromatic heterocycles. The van der Waals surface area contributed by atoms with Crippen molar-refractivity contribution in [2.75, 3.05) is 31.5 Å². The molecule has 3 N–H and O–H groups in total. The molecule has 1 saturated heterocycles. The summed E-state index contributed by atoms with van der Waals surface area (Å²) in [5, 5.41) is 11.8. The fraction of sp³-hybridized carbons (Fsp3) is 0.364. The van der Waals surface area contributed by atoms with Gasteiger partial charge in [0, 0.05) is 11.3 Å². The lowest BCUT2D eigenvalue weighted by atomic mass is 10.1. The van der Waals surface area contributed by atoms with Crippen LogP contribution in [0.15, 0.2) is 48.5 Å². The number of quaternary nitrogens is 2. The monoisotopic (exact) mass is 364 g/mol. The molecule has 140 valence electrons. The maximum absolute atomic E-state index is 12.6. The average molecular weight is 364 g/mol. The number of aryl methyl sites for hydroxylation is 1. The number of amides is 1. The van der Waals surface area contributed by atoms with Gasteiger partial charge in [-0.2, -0.15) is 5.26 Å². The van der Waals surface area contributed by atoms with Gasteiger partial charge in [0.15, 0.2) is 6.04 Å². The van der Waals surface area contributed by atoms with Crippen molar-refractivity contribution in [3.8, 4) is 6.07 Å². The Morgan fingerprint density at radius 3 is 2.41 bits per heavy atom. The lowest BCUT2D eigenvalue weighted by Crippen LogP contribution is -3.29. The van der Waals surface area contributed by atoms with Crippen LogP contribution in [0.2, 0.25) is 0 Å². The number of rotatable bonds is 5. The molecule has 0 unspecified atom stereocenters. The van der Waals surface area contributed by atoms with Crippen LogP contribution >= 0.6 is 0 Å². The molecule has 1 fully saturated rings. The number of carbonyl (C=O) groups excluding carboxylic acids is 1. The minimum atomic E-state index is -0.0827. The van der Waals surface area contributed by atoms with Gasteiger partial charge in [-0.25, -0.2) is 0 Å². The van der Waals surface area contributed by atoms with Crippen LogP contribution in [-0.2, 0) is 11.3 Å². The maximum atomic E-state index is 12.6. The number of carbonyl (C=O) groups is 1. The number of nitrogens with one attached hydrogen (secondary N) is 3. The molecule has 2 aromatic carbocycles. The first-order valence-electron chi connectivity index (χ1n) is 9.60. The van der Waals surface area contributed by atoms with Crippen LogP contribution in [-0.4, -0.2) is 38.1 Å². The summed E-state index contributed by atoms with van der Waals surface area (Å²) < 4.78 is 0. The zero-order chi connectivity index (χ0) is 19.2. The van der Waals surface area contributed by atoms with Crippen LogP contribution in [0.4, 0.5) is 5.69 Å². The van der Waals surface area contributed by atoms with E-state index in [1.807, 2.05) is 6.92 Å². The van der Waals surface area contributed by atoms with Gasteiger partial charge in [0.1, 0.15) is 32.7 Å². The van der Waals surface area contributed by atoms with E-state index < -0.39 is 0 Å². The Kier molecular flexibility index (Phi) is 6.23. The molecule has 1 atom stereocenters. The van der Waals surface area contributed by atoms with Gasteiger partial charge in [-0.3, -0.25) is 4.79 Å². The largest absolute Gasteiger partial charge is 0.322 e. The molecule has 0 spiro atoms. The quantitative estimate of drug-likeness (QED) is 0.709. The minimum absolute atomic E-state index is 0.0389. The number of benzene rings is 2. The smallest absolute Gasteiger partial charge is 0.282 e. The number of piperazine rings is 1. The molecule has 3 rings (SSSR count). The van der Waals surface area contributed by atoms with E-state index in [0.29, 0.717) is 5.56 Å². The molecule has 5 heteroatoms. The van der Waals surface area contributed by atoms with Crippen LogP contribution in [0.25, 0.3) is 0 Å². The lowest BCUT2D eigenvalue weighted by molar-refractivity contribution is -1.02. The first-order chi connectivity index (χ1) is 13.1. The second-order valence-corrected chi connectivity index (χ2v) is 7.41. The molecule has 0 bridgehead atoms. The first-order valence-corrected chi connectivity index (χ1v) is 9.60. The van der Waals surface area contributed by atoms with Crippen molar-refractivity contribution < 1.29 is 14.6 Å². The highest BCUT2D eigenvalue weighted by molar-refractivity contribution is 5.93. The highest BCUT2D eigenvalue weighted by Gasteiger charge is 2.31. The fourth-order valence-electron chi connectivity index (χ4n) is 3.68. The van der Waals surface area contributed by atoms with Gasteiger partial charge in [0.2, 0.25) is 0 Å². The maximum Gasteiger partial charge on any atom is 0.282 e. The van der Waals surface area contributed by atoms with Gasteiger partial charge in [0.25, 0.3) is 5.91 Å². The highest BCUT2D eigenvalue weighted by Crippen LogP contribution is 2.09. The van der Waals surface area contributed by atoms with E-state index in [4.69, 9.17) is 5.26 Å². The van der Waals surface area contributed by atoms with E-state index in [1.165, 1.54) is 16.0 Å². The van der Waals surface area contributed by atoms with Crippen LogP contribution in [0.1, 0.15) is 23.6 Å². The Bertz CT molecular complexity index is 817. The average Bonchev–Trinajstić information content (AvgIpc) is 2.70. The van der Waals surface area contributed by atoms with Crippen molar-refractivity contribution in [3.63, 3.8) is 0 Å². The zero-order valence-electron chi connectivity index (χ0n) is 16.1. The molecular weight excluding hydrogens is 336 g/mol. The summed E-state index contributed by atoms with van der Waals surface area (Å²) in [5.74, 6) is 0.0389. The normalized spacial score (nSPS) is 20.5. The van der Waals surface area contributed by atoms with E-state index in [1.54, 1.807) is 29.2 Å². The minimum Gasteiger partial charge on any atom is -0.322 e. The molecule has 5 nitrogen and oxygen atoms in total. The summed E-state index contributed by atoms with van der Waals surface area (Å²) in [6.45, 7) is 9.40. The Morgan fingerprint density at radius 2 is 1.78 bits per heavy atom. The highest BCUT2D eigenvalue weighted by atomic mass is 16.2. The van der Waals surface area contributed by atoms with Gasteiger partial charge in [-0.1, -0.05) is 24.3 Å². The summed E-state index contributed by atoms with van der Waals surface area (Å²) in [4.78, 5) is 15.5. The second-order valence-electron chi connectivity index (χ2n) is 7.41. The topological polar surface area (TPSA) is 61.8 Å². The van der Waals surface area contributed by atoms with Crippen molar-refractivity contribution in [1.29, 1.82) is 5.26 Å². The molecule has 1 aliphatic heterocycles. The van der Waals surface area contributed by atoms with E-state index in [-0.39, 0.29) is 11.9 Å². The third-order valence-corrected chi connectivity index (χ3v) is 5.59. The summed E-state index contributed by atoms with van der Waals surface area (Å²) in [6.07, 6.45) is 0. The summed E-state index contributed by atoms with van der Waals surface area (Å²) >= 11 is 0. The molecular formula is C22H28N4O+2. The molecule has 0 radical (unpaired) electrons. The van der Waals surface area contributed by atoms with Gasteiger partial charge >= 0.3 is 0 Å². The van der Waals surface area contributed by atoms with Crippen molar-refractivity contribution in [2.24, 2.45) is 0 Å². The Hall–Kier alpha value is -2.68. The molecule has 27 heavy (non-hydrogen) atoms. The van der Waals surface area contributed by atoms with Crippen molar-refractivity contribution in [1.82, 2.24) is 0 Å². The van der Waals surface area contributed by atoms with Gasteiger partial charge in [0.05, 0.1) is 11.6 Å². The van der Waals surface area contributed by atoms with Crippen LogP contribution in [0.5, 0.6) is 0 Å². The Labute approximate surface area is 161 Å². The van der Waals surface area contributed by atoms with Crippen LogP contribution in [0.3, 0.4) is 0 Å². The van der Waals surface area contributed by atoms with E-state index in [0.717, 1.165) is 38.4 Å². The Balaban J connectivity index is 1.50. The van der Waals surface area contributed by atoms with Crippen LogP contribution in [0, 0.1) is 18.3 Å². The number of nitriles is 1. The third-order valence-electron chi connectivity index (χ3n) is 5.59. The molecule has 0 aliphatic carbocycles. The van der Waals surface area contributed by atoms with Gasteiger partial charge < -0.3 is 15.1 Å².